The molecule has 0 amide bonds. The van der Waals surface area contributed by atoms with Crippen molar-refractivity contribution in [1.29, 1.82) is 0 Å². The summed E-state index contributed by atoms with van der Waals surface area (Å²) in [5.74, 6) is -0.878. The third-order valence-electron chi connectivity index (χ3n) is 3.02. The molecule has 0 aliphatic rings. The molecule has 13 nitrogen and oxygen atoms in total. The van der Waals surface area contributed by atoms with E-state index < -0.39 is 39.7 Å². The first-order valence-corrected chi connectivity index (χ1v) is 8.42. The third kappa shape index (κ3) is 4.64. The Labute approximate surface area is 149 Å². The first-order chi connectivity index (χ1) is 12.6. The van der Waals surface area contributed by atoms with Crippen LogP contribution in [0.1, 0.15) is 0 Å². The van der Waals surface area contributed by atoms with E-state index in [1.807, 2.05) is 0 Å². The van der Waals surface area contributed by atoms with Crippen molar-refractivity contribution in [3.63, 3.8) is 0 Å². The Balaban J connectivity index is 0.000000380. The number of aromatic amines is 2. The summed E-state index contributed by atoms with van der Waals surface area (Å²) >= 11 is 0. The van der Waals surface area contributed by atoms with E-state index in [4.69, 9.17) is 14.9 Å². The highest BCUT2D eigenvalue weighted by atomic mass is 32.2. The van der Waals surface area contributed by atoms with Gasteiger partial charge in [-0.3, -0.25) is 19.1 Å². The lowest BCUT2D eigenvalue weighted by Crippen LogP contribution is -2.34. The van der Waals surface area contributed by atoms with Gasteiger partial charge < -0.3 is 15.3 Å². The maximum atomic E-state index is 11.7. The Bertz CT molecular complexity index is 1180. The molecule has 3 aromatic rings. The molecule has 0 bridgehead atoms. The molecule has 0 saturated carbocycles. The molecule has 0 unspecified atom stereocenters. The summed E-state index contributed by atoms with van der Waals surface area (Å²) in [5.41, 5.74) is -0.765. The maximum absolute atomic E-state index is 11.7. The van der Waals surface area contributed by atoms with Crippen LogP contribution in [-0.2, 0) is 15.1 Å². The van der Waals surface area contributed by atoms with Gasteiger partial charge in [-0.2, -0.15) is 13.9 Å². The molecule has 0 saturated heterocycles. The molecular formula is C13H13N5O8S. The molecule has 1 aromatic carbocycles. The van der Waals surface area contributed by atoms with Crippen LogP contribution >= 0.6 is 0 Å². The molecule has 14 heteroatoms. The fourth-order valence-electron chi connectivity index (χ4n) is 1.99. The van der Waals surface area contributed by atoms with Crippen LogP contribution in [0.15, 0.2) is 39.9 Å². The first-order valence-electron chi connectivity index (χ1n) is 7.02. The summed E-state index contributed by atoms with van der Waals surface area (Å²) in [5, 5.41) is 15.3. The van der Waals surface area contributed by atoms with Crippen molar-refractivity contribution < 1.29 is 28.1 Å². The Morgan fingerprint density at radius 1 is 1.19 bits per heavy atom. The van der Waals surface area contributed by atoms with Gasteiger partial charge in [-0.25, -0.2) is 9.78 Å². The van der Waals surface area contributed by atoms with Crippen LogP contribution < -0.4 is 16.7 Å². The Hall–Kier alpha value is -3.33. The van der Waals surface area contributed by atoms with Gasteiger partial charge in [0.05, 0.1) is 0 Å². The number of carbonyl (C=O) groups is 1. The highest BCUT2D eigenvalue weighted by Gasteiger charge is 2.20. The van der Waals surface area contributed by atoms with Crippen molar-refractivity contribution in [3.8, 4) is 11.4 Å². The normalized spacial score (nSPS) is 11.0. The monoisotopic (exact) mass is 399 g/mol. The van der Waals surface area contributed by atoms with Gasteiger partial charge in [0.25, 0.3) is 5.56 Å². The second-order valence-corrected chi connectivity index (χ2v) is 6.14. The number of aromatic nitrogens is 4. The molecule has 2 aromatic heterocycles. The van der Waals surface area contributed by atoms with Crippen molar-refractivity contribution in [2.75, 3.05) is 6.54 Å². The van der Waals surface area contributed by atoms with E-state index in [-0.39, 0.29) is 15.3 Å². The van der Waals surface area contributed by atoms with Gasteiger partial charge in [-0.15, -0.1) is 3.97 Å². The summed E-state index contributed by atoms with van der Waals surface area (Å²) < 4.78 is 31.7. The van der Waals surface area contributed by atoms with Crippen molar-refractivity contribution in [1.82, 2.24) is 24.4 Å². The summed E-state index contributed by atoms with van der Waals surface area (Å²) in [7, 11) is -4.89. The number of H-pyrrole nitrogens is 2. The van der Waals surface area contributed by atoms with Gasteiger partial charge in [-0.05, 0) is 0 Å². The number of benzene rings is 1. The predicted molar refractivity (Wildman–Crippen MR) is 90.8 cm³/mol. The molecule has 0 aliphatic heterocycles. The fraction of sp³-hybridized carbons (Fsp3) is 0.0769. The highest BCUT2D eigenvalue weighted by Crippen LogP contribution is 2.17. The summed E-state index contributed by atoms with van der Waals surface area (Å²) in [6, 6.07) is 8.59. The smallest absolute Gasteiger partial charge is 0.369 e. The largest absolute Gasteiger partial charge is 0.480 e. The second kappa shape index (κ2) is 7.92. The molecular weight excluding hydrogens is 386 g/mol. The number of carboxylic acids is 1. The number of aliphatic carboxylic acids is 1. The Morgan fingerprint density at radius 2 is 1.81 bits per heavy atom. The number of hydrogen-bond donors (Lipinski definition) is 6. The Kier molecular flexibility index (Phi) is 5.86. The first kappa shape index (κ1) is 20.0. The van der Waals surface area contributed by atoms with Crippen LogP contribution in [0, 0.1) is 0 Å². The van der Waals surface area contributed by atoms with Crippen LogP contribution in [0.2, 0.25) is 0 Å². The van der Waals surface area contributed by atoms with Gasteiger partial charge in [0.2, 0.25) is 0 Å². The van der Waals surface area contributed by atoms with Gasteiger partial charge in [0.1, 0.15) is 12.4 Å². The van der Waals surface area contributed by atoms with Crippen LogP contribution in [0.5, 0.6) is 0 Å². The van der Waals surface area contributed by atoms with E-state index in [0.717, 1.165) is 0 Å². The lowest BCUT2D eigenvalue weighted by molar-refractivity contribution is -0.137. The van der Waals surface area contributed by atoms with Gasteiger partial charge in [0, 0.05) is 5.56 Å². The molecule has 0 spiro atoms. The van der Waals surface area contributed by atoms with E-state index in [0.29, 0.717) is 5.56 Å². The average molecular weight is 399 g/mol. The number of fused-ring (bicyclic) bond motifs is 1. The van der Waals surface area contributed by atoms with E-state index >= 15 is 0 Å². The number of nitrogens with one attached hydrogen (secondary N) is 3. The van der Waals surface area contributed by atoms with Crippen molar-refractivity contribution >= 4 is 27.4 Å². The number of imidazole rings is 1. The maximum Gasteiger partial charge on any atom is 0.369 e. The molecule has 144 valence electrons. The topological polar surface area (TPSA) is 207 Å². The SMILES string of the molecule is O=C(O)CNO.O=c1[nH]c(=O)n(S(=O)(=O)O)c2nc(-c3ccccc3)[nH]c12. The number of rotatable bonds is 4. The fourth-order valence-corrected chi connectivity index (χ4v) is 2.60. The summed E-state index contributed by atoms with van der Waals surface area (Å²) in [6.07, 6.45) is 0. The molecule has 27 heavy (non-hydrogen) atoms. The van der Waals surface area contributed by atoms with Gasteiger partial charge >= 0.3 is 22.0 Å². The van der Waals surface area contributed by atoms with Crippen molar-refractivity contribution in [3.05, 3.63) is 51.2 Å². The molecule has 2 heterocycles. The van der Waals surface area contributed by atoms with Crippen LogP contribution in [-0.4, -0.2) is 54.7 Å². The van der Waals surface area contributed by atoms with Crippen LogP contribution in [0.4, 0.5) is 0 Å². The minimum absolute atomic E-state index is 0.0205. The zero-order chi connectivity index (χ0) is 20.2. The molecule has 0 fully saturated rings. The molecule has 0 aliphatic carbocycles. The van der Waals surface area contributed by atoms with Crippen LogP contribution in [0.3, 0.4) is 0 Å². The summed E-state index contributed by atoms with van der Waals surface area (Å²) in [6.45, 7) is -0.403. The molecule has 0 radical (unpaired) electrons. The molecule has 3 rings (SSSR count). The third-order valence-corrected chi connectivity index (χ3v) is 3.82. The number of hydrogen-bond acceptors (Lipinski definition) is 8. The number of nitrogens with zero attached hydrogens (tertiary/aromatic N) is 2. The lowest BCUT2D eigenvalue weighted by Gasteiger charge is -1.99. The second-order valence-electron chi connectivity index (χ2n) is 4.88. The van der Waals surface area contributed by atoms with Crippen molar-refractivity contribution in [2.24, 2.45) is 0 Å². The van der Waals surface area contributed by atoms with E-state index in [2.05, 4.69) is 9.97 Å². The quantitative estimate of drug-likeness (QED) is 0.227. The zero-order valence-electron chi connectivity index (χ0n) is 13.3. The standard InChI is InChI=1S/C11H8N4O5S.C2H5NO3/c16-10-7-9(15(11(17)14-10)21(18,19)20)13-8(12-7)6-4-2-1-3-5-6;4-2(5)1-3-6/h1-5H,(H,12,13)(H,14,16,17)(H,18,19,20);3,6H,1H2,(H,4,5). The lowest BCUT2D eigenvalue weighted by atomic mass is 10.2. The van der Waals surface area contributed by atoms with Gasteiger partial charge in [-0.1, -0.05) is 30.3 Å². The minimum atomic E-state index is -4.89. The van der Waals surface area contributed by atoms with E-state index in [9.17, 15) is 22.8 Å². The Morgan fingerprint density at radius 3 is 2.30 bits per heavy atom. The highest BCUT2D eigenvalue weighted by molar-refractivity contribution is 7.84. The summed E-state index contributed by atoms with van der Waals surface area (Å²) in [4.78, 5) is 41.0. The molecule has 6 N–H and O–H groups in total. The zero-order valence-corrected chi connectivity index (χ0v) is 14.1. The number of carboxylic acid groups (broad SMARTS) is 1. The van der Waals surface area contributed by atoms with Gasteiger partial charge in [0.15, 0.2) is 11.2 Å². The van der Waals surface area contributed by atoms with Crippen LogP contribution in [0.25, 0.3) is 22.6 Å². The van der Waals surface area contributed by atoms with Crippen molar-refractivity contribution in [2.45, 2.75) is 0 Å². The molecule has 0 atom stereocenters. The average Bonchev–Trinajstić information content (AvgIpc) is 3.00. The minimum Gasteiger partial charge on any atom is -0.480 e. The van der Waals surface area contributed by atoms with E-state index in [1.54, 1.807) is 35.3 Å². The predicted octanol–water partition coefficient (Wildman–Crippen LogP) is -1.22. The van der Waals surface area contributed by atoms with E-state index in [1.165, 1.54) is 5.48 Å². The number of hydroxylamine groups is 1.